The Morgan fingerprint density at radius 2 is 1.70 bits per heavy atom. The van der Waals surface area contributed by atoms with Crippen LogP contribution >= 0.6 is 28.3 Å². The average Bonchev–Trinajstić information content (AvgIpc) is 2.45. The fraction of sp³-hybridized carbons (Fsp3) is 0. The van der Waals surface area contributed by atoms with Gasteiger partial charge in [-0.2, -0.15) is 0 Å². The number of hydrogen-bond acceptors (Lipinski definition) is 1. The number of pyridine rings is 1. The molecule has 0 aliphatic heterocycles. The van der Waals surface area contributed by atoms with Gasteiger partial charge < -0.3 is 0 Å². The molecule has 2 aromatic carbocycles. The highest BCUT2D eigenvalue weighted by Crippen LogP contribution is 2.16. The minimum absolute atomic E-state index is 0. The Labute approximate surface area is 132 Å². The monoisotopic (exact) mass is 345 g/mol. The number of hydrogen-bond donors (Lipinski definition) is 0. The Bertz CT molecular complexity index is 753. The van der Waals surface area contributed by atoms with Crippen LogP contribution in [0.25, 0.3) is 23.1 Å². The standard InChI is InChI=1S/C17H12BrN.ClH/c18-15-6-3-4-13(12-15)8-10-16-11-9-14-5-1-2-7-17(14)19-16;/h1-12H;1H/b10-8+;. The third-order valence-electron chi connectivity index (χ3n) is 2.92. The zero-order valence-electron chi connectivity index (χ0n) is 10.7. The first-order valence-electron chi connectivity index (χ1n) is 6.11. The molecule has 0 unspecified atom stereocenters. The topological polar surface area (TPSA) is 12.9 Å². The Morgan fingerprint density at radius 3 is 2.55 bits per heavy atom. The molecule has 3 aromatic rings. The van der Waals surface area contributed by atoms with Gasteiger partial charge in [0.25, 0.3) is 0 Å². The quantitative estimate of drug-likeness (QED) is 0.589. The first-order chi connectivity index (χ1) is 9.31. The molecular weight excluding hydrogens is 334 g/mol. The van der Waals surface area contributed by atoms with Gasteiger partial charge in [0.1, 0.15) is 0 Å². The smallest absolute Gasteiger partial charge is 0.0709 e. The highest BCUT2D eigenvalue weighted by atomic mass is 79.9. The first kappa shape index (κ1) is 14.8. The van der Waals surface area contributed by atoms with E-state index in [1.807, 2.05) is 42.5 Å². The van der Waals surface area contributed by atoms with E-state index >= 15 is 0 Å². The fourth-order valence-corrected chi connectivity index (χ4v) is 2.38. The molecule has 0 N–H and O–H groups in total. The van der Waals surface area contributed by atoms with E-state index < -0.39 is 0 Å². The summed E-state index contributed by atoms with van der Waals surface area (Å²) in [6.45, 7) is 0. The van der Waals surface area contributed by atoms with Gasteiger partial charge in [-0.15, -0.1) is 12.4 Å². The average molecular weight is 347 g/mol. The van der Waals surface area contributed by atoms with Crippen molar-refractivity contribution in [1.29, 1.82) is 0 Å². The number of halogens is 2. The van der Waals surface area contributed by atoms with E-state index in [1.54, 1.807) is 0 Å². The molecule has 100 valence electrons. The minimum Gasteiger partial charge on any atom is -0.248 e. The normalized spacial score (nSPS) is 10.7. The number of rotatable bonds is 2. The van der Waals surface area contributed by atoms with Crippen molar-refractivity contribution >= 4 is 51.4 Å². The van der Waals surface area contributed by atoms with Gasteiger partial charge in [-0.05, 0) is 35.9 Å². The first-order valence-corrected chi connectivity index (χ1v) is 6.90. The van der Waals surface area contributed by atoms with Crippen LogP contribution in [0.2, 0.25) is 0 Å². The number of benzene rings is 2. The molecule has 20 heavy (non-hydrogen) atoms. The van der Waals surface area contributed by atoms with Crippen LogP contribution in [0.15, 0.2) is 65.1 Å². The van der Waals surface area contributed by atoms with Crippen LogP contribution in [0.1, 0.15) is 11.3 Å². The van der Waals surface area contributed by atoms with E-state index in [9.17, 15) is 0 Å². The Balaban J connectivity index is 0.00000147. The lowest BCUT2D eigenvalue weighted by Crippen LogP contribution is -1.82. The molecule has 0 atom stereocenters. The lowest BCUT2D eigenvalue weighted by Gasteiger charge is -1.99. The molecule has 0 spiro atoms. The molecule has 0 bridgehead atoms. The van der Waals surface area contributed by atoms with Crippen molar-refractivity contribution in [2.24, 2.45) is 0 Å². The van der Waals surface area contributed by atoms with E-state index in [1.165, 1.54) is 5.39 Å². The summed E-state index contributed by atoms with van der Waals surface area (Å²) >= 11 is 3.47. The third kappa shape index (κ3) is 3.47. The fourth-order valence-electron chi connectivity index (χ4n) is 1.97. The summed E-state index contributed by atoms with van der Waals surface area (Å²) in [5.41, 5.74) is 3.15. The second-order valence-corrected chi connectivity index (χ2v) is 5.23. The molecule has 1 aromatic heterocycles. The van der Waals surface area contributed by atoms with Crippen molar-refractivity contribution in [2.45, 2.75) is 0 Å². The molecule has 0 fully saturated rings. The Morgan fingerprint density at radius 1 is 0.850 bits per heavy atom. The van der Waals surface area contributed by atoms with Crippen molar-refractivity contribution < 1.29 is 0 Å². The van der Waals surface area contributed by atoms with Crippen LogP contribution < -0.4 is 0 Å². The Hall–Kier alpha value is -1.64. The summed E-state index contributed by atoms with van der Waals surface area (Å²) in [6, 6.07) is 20.5. The molecular formula is C17H13BrClN. The highest BCUT2D eigenvalue weighted by Gasteiger charge is 1.95. The minimum atomic E-state index is 0. The van der Waals surface area contributed by atoms with Crippen molar-refractivity contribution in [1.82, 2.24) is 4.98 Å². The molecule has 0 aliphatic rings. The summed E-state index contributed by atoms with van der Waals surface area (Å²) in [5.74, 6) is 0. The van der Waals surface area contributed by atoms with Gasteiger partial charge in [-0.3, -0.25) is 0 Å². The maximum absolute atomic E-state index is 4.61. The number of fused-ring (bicyclic) bond motifs is 1. The van der Waals surface area contributed by atoms with Crippen LogP contribution in [-0.4, -0.2) is 4.98 Å². The second-order valence-electron chi connectivity index (χ2n) is 4.32. The van der Waals surface area contributed by atoms with E-state index in [-0.39, 0.29) is 12.4 Å². The van der Waals surface area contributed by atoms with Crippen LogP contribution in [0, 0.1) is 0 Å². The van der Waals surface area contributed by atoms with Gasteiger partial charge in [-0.25, -0.2) is 4.98 Å². The summed E-state index contributed by atoms with van der Waals surface area (Å²) in [7, 11) is 0. The van der Waals surface area contributed by atoms with Gasteiger partial charge in [0.2, 0.25) is 0 Å². The van der Waals surface area contributed by atoms with Crippen molar-refractivity contribution in [3.8, 4) is 0 Å². The summed E-state index contributed by atoms with van der Waals surface area (Å²) < 4.78 is 1.08. The van der Waals surface area contributed by atoms with E-state index in [0.29, 0.717) is 0 Å². The zero-order chi connectivity index (χ0) is 13.1. The summed E-state index contributed by atoms with van der Waals surface area (Å²) in [6.07, 6.45) is 4.11. The van der Waals surface area contributed by atoms with E-state index in [2.05, 4.69) is 51.3 Å². The highest BCUT2D eigenvalue weighted by molar-refractivity contribution is 9.10. The van der Waals surface area contributed by atoms with Gasteiger partial charge in [0.15, 0.2) is 0 Å². The number of nitrogens with zero attached hydrogens (tertiary/aromatic N) is 1. The van der Waals surface area contributed by atoms with Crippen molar-refractivity contribution in [2.75, 3.05) is 0 Å². The zero-order valence-corrected chi connectivity index (χ0v) is 13.1. The number of para-hydroxylation sites is 1. The molecule has 0 saturated heterocycles. The van der Waals surface area contributed by atoms with E-state index in [4.69, 9.17) is 0 Å². The van der Waals surface area contributed by atoms with Crippen LogP contribution in [0.3, 0.4) is 0 Å². The maximum atomic E-state index is 4.61. The summed E-state index contributed by atoms with van der Waals surface area (Å²) in [4.78, 5) is 4.61. The van der Waals surface area contributed by atoms with Crippen LogP contribution in [0.5, 0.6) is 0 Å². The predicted octanol–water partition coefficient (Wildman–Crippen LogP) is 5.59. The second kappa shape index (κ2) is 6.69. The molecule has 0 amide bonds. The lowest BCUT2D eigenvalue weighted by atomic mass is 10.1. The van der Waals surface area contributed by atoms with Crippen LogP contribution in [0.4, 0.5) is 0 Å². The van der Waals surface area contributed by atoms with Gasteiger partial charge in [0.05, 0.1) is 11.2 Å². The molecule has 0 radical (unpaired) electrons. The van der Waals surface area contributed by atoms with E-state index in [0.717, 1.165) is 21.2 Å². The third-order valence-corrected chi connectivity index (χ3v) is 3.41. The predicted molar refractivity (Wildman–Crippen MR) is 92.1 cm³/mol. The molecule has 3 rings (SSSR count). The van der Waals surface area contributed by atoms with Gasteiger partial charge in [-0.1, -0.05) is 58.4 Å². The SMILES string of the molecule is Brc1cccc(/C=C/c2ccc3ccccc3n2)c1.Cl. The largest absolute Gasteiger partial charge is 0.248 e. The van der Waals surface area contributed by atoms with Crippen LogP contribution in [-0.2, 0) is 0 Å². The van der Waals surface area contributed by atoms with Crippen molar-refractivity contribution in [3.63, 3.8) is 0 Å². The van der Waals surface area contributed by atoms with Crippen molar-refractivity contribution in [3.05, 3.63) is 76.4 Å². The van der Waals surface area contributed by atoms with Gasteiger partial charge >= 0.3 is 0 Å². The molecule has 1 nitrogen and oxygen atoms in total. The molecule has 1 heterocycles. The number of aromatic nitrogens is 1. The molecule has 0 aliphatic carbocycles. The maximum Gasteiger partial charge on any atom is 0.0709 e. The molecule has 0 saturated carbocycles. The summed E-state index contributed by atoms with van der Waals surface area (Å²) in [5, 5.41) is 1.17. The lowest BCUT2D eigenvalue weighted by molar-refractivity contribution is 1.37. The molecule has 3 heteroatoms. The Kier molecular flexibility index (Phi) is 4.94. The van der Waals surface area contributed by atoms with Gasteiger partial charge in [0, 0.05) is 9.86 Å².